The first-order chi connectivity index (χ1) is 18.9. The number of nitrogens with one attached hydrogen (secondary N) is 2. The van der Waals surface area contributed by atoms with Gasteiger partial charge >= 0.3 is 0 Å². The Morgan fingerprint density at radius 2 is 2.13 bits per heavy atom. The van der Waals surface area contributed by atoms with E-state index in [4.69, 9.17) is 16.5 Å². The number of carbonyl (C=O) groups excluding carboxylic acids is 2. The fraction of sp³-hybridized carbons (Fsp3) is 0.250. The van der Waals surface area contributed by atoms with Gasteiger partial charge in [0, 0.05) is 23.5 Å². The fourth-order valence-corrected chi connectivity index (χ4v) is 4.72. The molecule has 10 heteroatoms. The lowest BCUT2D eigenvalue weighted by molar-refractivity contribution is 0.101. The highest BCUT2D eigenvalue weighted by Crippen LogP contribution is 2.29. The monoisotopic (exact) mass is 459 g/mol. The third-order valence-electron chi connectivity index (χ3n) is 3.78. The van der Waals surface area contributed by atoms with Gasteiger partial charge in [0.25, 0.3) is 15.9 Å². The molecule has 0 aliphatic rings. The van der Waals surface area contributed by atoms with E-state index in [2.05, 4.69) is 9.68 Å². The highest BCUT2D eigenvalue weighted by Gasteiger charge is 2.27. The van der Waals surface area contributed by atoms with Crippen LogP contribution in [0.4, 0.5) is 11.6 Å². The van der Waals surface area contributed by atoms with E-state index in [0.717, 1.165) is 11.4 Å². The zero-order valence-electron chi connectivity index (χ0n) is 27.4. The lowest BCUT2D eigenvalue weighted by atomic mass is 10.0. The SMILES string of the molecule is [2H]c1c(C)cc(C)c(N([2H])C(=O)c2sccc2S(=O)(=O)N([2H])c2onc(C([2H])([2H])[2H])c2C([2H])([2H])[2H])c1C(=O)C([2H])([2H])[2H]. The fourth-order valence-electron chi connectivity index (χ4n) is 2.50. The number of carbonyl (C=O) groups is 2. The summed E-state index contributed by atoms with van der Waals surface area (Å²) in [6.45, 7) is -6.94. The third kappa shape index (κ3) is 4.14. The first-order valence-electron chi connectivity index (χ1n) is 13.9. The predicted molar refractivity (Wildman–Crippen MR) is 115 cm³/mol. The van der Waals surface area contributed by atoms with E-state index in [9.17, 15) is 18.0 Å². The number of aromatic nitrogens is 1. The number of amides is 1. The van der Waals surface area contributed by atoms with Crippen molar-refractivity contribution in [2.24, 2.45) is 0 Å². The zero-order chi connectivity index (χ0) is 32.3. The minimum absolute atomic E-state index is 0.0451. The van der Waals surface area contributed by atoms with Gasteiger partial charge in [-0.2, -0.15) is 0 Å². The topological polar surface area (TPSA) is 118 Å². The van der Waals surface area contributed by atoms with Crippen molar-refractivity contribution >= 4 is 44.6 Å². The maximum absolute atomic E-state index is 13.5. The van der Waals surface area contributed by atoms with Crippen LogP contribution in [0.1, 0.15) is 63.0 Å². The molecule has 1 aromatic carbocycles. The molecule has 3 rings (SSSR count). The largest absolute Gasteiger partial charge is 0.337 e. The van der Waals surface area contributed by atoms with E-state index in [1.54, 1.807) is 0 Å². The Labute approximate surface area is 195 Å². The van der Waals surface area contributed by atoms with Gasteiger partial charge in [0.2, 0.25) is 5.88 Å². The summed E-state index contributed by atoms with van der Waals surface area (Å²) in [4.78, 5) is 24.6. The molecule has 0 radical (unpaired) electrons. The van der Waals surface area contributed by atoms with E-state index >= 15 is 0 Å². The van der Waals surface area contributed by atoms with Crippen LogP contribution in [0.5, 0.6) is 0 Å². The van der Waals surface area contributed by atoms with Gasteiger partial charge in [0.1, 0.15) is 9.77 Å². The van der Waals surface area contributed by atoms with Crippen LogP contribution >= 0.6 is 11.3 Å². The van der Waals surface area contributed by atoms with E-state index in [0.29, 0.717) is 11.3 Å². The van der Waals surface area contributed by atoms with Crippen molar-refractivity contribution in [3.05, 3.63) is 56.4 Å². The molecule has 30 heavy (non-hydrogen) atoms. The Balaban J connectivity index is 2.16. The third-order valence-corrected chi connectivity index (χ3v) is 6.12. The molecule has 0 saturated carbocycles. The van der Waals surface area contributed by atoms with Crippen molar-refractivity contribution in [3.63, 3.8) is 0 Å². The van der Waals surface area contributed by atoms with Crippen LogP contribution in [0.3, 0.4) is 0 Å². The normalized spacial score (nSPS) is 18.5. The molecule has 0 aliphatic carbocycles. The van der Waals surface area contributed by atoms with Gasteiger partial charge in [-0.05, 0) is 63.0 Å². The number of hydrogen-bond acceptors (Lipinski definition) is 7. The van der Waals surface area contributed by atoms with Gasteiger partial charge in [-0.25, -0.2) is 13.1 Å². The highest BCUT2D eigenvalue weighted by molar-refractivity contribution is 7.93. The average Bonchev–Trinajstić information content (AvgIpc) is 3.51. The molecule has 158 valence electrons. The molecule has 0 saturated heterocycles. The van der Waals surface area contributed by atoms with Gasteiger partial charge in [-0.1, -0.05) is 11.2 Å². The lowest BCUT2D eigenvalue weighted by Gasteiger charge is -2.14. The number of sulfonamides is 1. The Bertz CT molecular complexity index is 1670. The van der Waals surface area contributed by atoms with Crippen LogP contribution < -0.4 is 10.0 Å². The molecule has 1 amide bonds. The van der Waals surface area contributed by atoms with Crippen LogP contribution in [-0.4, -0.2) is 25.3 Å². The van der Waals surface area contributed by atoms with E-state index in [1.165, 1.54) is 19.9 Å². The maximum Gasteiger partial charge on any atom is 0.267 e. The summed E-state index contributed by atoms with van der Waals surface area (Å²) in [6.07, 6.45) is 0. The number of benzene rings is 1. The summed E-state index contributed by atoms with van der Waals surface area (Å²) < 4.78 is 124. The van der Waals surface area contributed by atoms with Crippen LogP contribution in [-0.2, 0) is 10.0 Å². The summed E-state index contributed by atoms with van der Waals surface area (Å²) in [7, 11) is -5.21. The van der Waals surface area contributed by atoms with Crippen LogP contribution in [0.15, 0.2) is 33.0 Å². The number of rotatable bonds is 6. The molecule has 8 nitrogen and oxygen atoms in total. The van der Waals surface area contributed by atoms with Gasteiger partial charge in [0.05, 0.1) is 12.8 Å². The second-order valence-corrected chi connectivity index (χ2v) is 8.49. The summed E-state index contributed by atoms with van der Waals surface area (Å²) in [5.74, 6) is -4.20. The molecule has 2 heterocycles. The van der Waals surface area contributed by atoms with Gasteiger partial charge in [-0.15, -0.1) is 11.3 Å². The van der Waals surface area contributed by atoms with Crippen molar-refractivity contribution < 1.29 is 39.1 Å². The van der Waals surface area contributed by atoms with Crippen molar-refractivity contribution in [2.45, 2.75) is 39.3 Å². The number of hydrogen-bond donors (Lipinski definition) is 2. The summed E-state index contributed by atoms with van der Waals surface area (Å²) in [6, 6.07) is 1.61. The van der Waals surface area contributed by atoms with Crippen molar-refractivity contribution in [2.75, 3.05) is 10.0 Å². The number of Topliss-reactive ketones (excluding diaryl/α,β-unsaturated/α-hetero) is 1. The summed E-state index contributed by atoms with van der Waals surface area (Å²) in [5, 5.41) is 4.29. The summed E-state index contributed by atoms with van der Waals surface area (Å²) >= 11 is 0.482. The molecule has 0 unspecified atom stereocenters. The maximum atomic E-state index is 13.5. The number of anilines is 2. The molecular weight excluding hydrogens is 426 g/mol. The highest BCUT2D eigenvalue weighted by atomic mass is 32.2. The summed E-state index contributed by atoms with van der Waals surface area (Å²) in [5.41, 5.74) is -3.40. The molecule has 0 atom stereocenters. The van der Waals surface area contributed by atoms with E-state index in [-0.39, 0.29) is 16.4 Å². The van der Waals surface area contributed by atoms with Crippen LogP contribution in [0.25, 0.3) is 0 Å². The first kappa shape index (κ1) is 10.9. The molecule has 2 N–H and O–H groups in total. The van der Waals surface area contributed by atoms with E-state index < -0.39 is 91.2 Å². The zero-order valence-corrected chi connectivity index (χ0v) is 17.1. The van der Waals surface area contributed by atoms with Crippen molar-refractivity contribution in [1.29, 1.82) is 0 Å². The van der Waals surface area contributed by atoms with Gasteiger partial charge in [0.15, 0.2) is 8.61 Å². The molecule has 0 aliphatic heterocycles. The molecule has 0 spiro atoms. The molecule has 0 bridgehead atoms. The van der Waals surface area contributed by atoms with Gasteiger partial charge in [-0.3, -0.25) is 9.59 Å². The van der Waals surface area contributed by atoms with Gasteiger partial charge < -0.3 is 9.83 Å². The molecule has 0 fully saturated rings. The Kier molecular flexibility index (Phi) is 2.91. The Morgan fingerprint density at radius 3 is 2.83 bits per heavy atom. The number of aryl methyl sites for hydroxylation is 3. The number of ketones is 1. The first-order valence-corrected chi connectivity index (χ1v) is 10.4. The lowest BCUT2D eigenvalue weighted by Crippen LogP contribution is -2.20. The van der Waals surface area contributed by atoms with Crippen molar-refractivity contribution in [1.82, 2.24) is 5.16 Å². The Hall–Kier alpha value is -2.98. The minimum Gasteiger partial charge on any atom is -0.337 e. The average molecular weight is 460 g/mol. The van der Waals surface area contributed by atoms with E-state index in [1.807, 2.05) is 0 Å². The molecule has 2 aromatic heterocycles. The smallest absolute Gasteiger partial charge is 0.267 e. The molecule has 3 aromatic rings. The van der Waals surface area contributed by atoms with Crippen molar-refractivity contribution in [3.8, 4) is 0 Å². The second-order valence-electron chi connectivity index (χ2n) is 6.00. The standard InChI is InChI=1S/C20H21N3O5S2/c1-10-8-11(2)17(15(9-10)14(5)24)21-19(25)18-16(6-7-29-18)30(26,27)23-20-12(3)13(4)22-28-20/h6-9,23H,1-5H3,(H,21,25)/i3D3,4D3,5D3,9D/hD2. The number of thiophene rings is 1. The quantitative estimate of drug-likeness (QED) is 0.533. The second kappa shape index (κ2) is 8.04. The predicted octanol–water partition coefficient (Wildman–Crippen LogP) is 4.23. The Morgan fingerprint density at radius 1 is 1.33 bits per heavy atom. The van der Waals surface area contributed by atoms with Crippen LogP contribution in [0.2, 0.25) is 2.82 Å². The van der Waals surface area contributed by atoms with Crippen LogP contribution in [0, 0.1) is 27.6 Å². The minimum atomic E-state index is -5.21. The molecular formula is C20H21N3O5S2. The number of nitrogens with zero attached hydrogens (tertiary/aromatic N) is 1.